The molecular formula is C20H23ClN2O3. The highest BCUT2D eigenvalue weighted by molar-refractivity contribution is 6.32. The molecule has 0 bridgehead atoms. The minimum atomic E-state index is -0.267. The van der Waals surface area contributed by atoms with Gasteiger partial charge in [0.05, 0.1) is 12.1 Å². The number of aryl methyl sites for hydroxylation is 2. The van der Waals surface area contributed by atoms with Gasteiger partial charge in [-0.3, -0.25) is 9.59 Å². The Labute approximate surface area is 158 Å². The van der Waals surface area contributed by atoms with Gasteiger partial charge in [0.2, 0.25) is 11.8 Å². The van der Waals surface area contributed by atoms with Crippen molar-refractivity contribution in [2.24, 2.45) is 0 Å². The van der Waals surface area contributed by atoms with E-state index in [0.29, 0.717) is 16.5 Å². The number of benzene rings is 2. The van der Waals surface area contributed by atoms with Gasteiger partial charge < -0.3 is 15.0 Å². The van der Waals surface area contributed by atoms with Crippen LogP contribution in [0.5, 0.6) is 5.75 Å². The van der Waals surface area contributed by atoms with Crippen molar-refractivity contribution in [2.45, 2.75) is 27.2 Å². The Morgan fingerprint density at radius 1 is 1.23 bits per heavy atom. The predicted octanol–water partition coefficient (Wildman–Crippen LogP) is 4.21. The molecule has 0 aliphatic rings. The van der Waals surface area contributed by atoms with Crippen LogP contribution in [0, 0.1) is 6.92 Å². The Morgan fingerprint density at radius 2 is 1.96 bits per heavy atom. The minimum absolute atomic E-state index is 0.102. The van der Waals surface area contributed by atoms with E-state index in [4.69, 9.17) is 16.3 Å². The van der Waals surface area contributed by atoms with E-state index in [-0.39, 0.29) is 18.4 Å². The quantitative estimate of drug-likeness (QED) is 0.823. The van der Waals surface area contributed by atoms with Gasteiger partial charge in [0.25, 0.3) is 0 Å². The molecule has 0 fully saturated rings. The lowest BCUT2D eigenvalue weighted by Crippen LogP contribution is -2.37. The van der Waals surface area contributed by atoms with Crippen molar-refractivity contribution < 1.29 is 14.3 Å². The first-order chi connectivity index (χ1) is 12.4. The molecule has 2 aromatic carbocycles. The summed E-state index contributed by atoms with van der Waals surface area (Å²) in [5.74, 6) is -0.00566. The number of halogens is 1. The smallest absolute Gasteiger partial charge is 0.244 e. The van der Waals surface area contributed by atoms with Crippen molar-refractivity contribution in [1.82, 2.24) is 0 Å². The summed E-state index contributed by atoms with van der Waals surface area (Å²) in [7, 11) is 1.52. The maximum atomic E-state index is 12.6. The molecule has 2 aromatic rings. The summed E-state index contributed by atoms with van der Waals surface area (Å²) in [6, 6.07) is 10.9. The first-order valence-electron chi connectivity index (χ1n) is 8.37. The van der Waals surface area contributed by atoms with Gasteiger partial charge in [0.15, 0.2) is 0 Å². The number of nitrogens with one attached hydrogen (secondary N) is 1. The molecule has 0 aromatic heterocycles. The molecule has 0 aliphatic heterocycles. The number of carbonyl (C=O) groups excluding carboxylic acids is 2. The van der Waals surface area contributed by atoms with Gasteiger partial charge in [-0.25, -0.2) is 0 Å². The number of rotatable bonds is 6. The van der Waals surface area contributed by atoms with E-state index >= 15 is 0 Å². The monoisotopic (exact) mass is 374 g/mol. The molecule has 0 saturated heterocycles. The number of hydrogen-bond donors (Lipinski definition) is 1. The summed E-state index contributed by atoms with van der Waals surface area (Å²) >= 11 is 6.14. The maximum Gasteiger partial charge on any atom is 0.244 e. The molecule has 0 atom stereocenters. The Kier molecular flexibility index (Phi) is 6.64. The first kappa shape index (κ1) is 19.8. The molecule has 0 heterocycles. The molecule has 26 heavy (non-hydrogen) atoms. The van der Waals surface area contributed by atoms with Gasteiger partial charge in [-0.15, -0.1) is 0 Å². The molecule has 6 heteroatoms. The molecule has 2 rings (SSSR count). The van der Waals surface area contributed by atoms with Crippen LogP contribution in [-0.4, -0.2) is 25.5 Å². The largest absolute Gasteiger partial charge is 0.495 e. The summed E-state index contributed by atoms with van der Waals surface area (Å²) in [4.78, 5) is 26.0. The summed E-state index contributed by atoms with van der Waals surface area (Å²) in [5, 5.41) is 3.31. The zero-order chi connectivity index (χ0) is 19.3. The first-order valence-corrected chi connectivity index (χ1v) is 8.75. The van der Waals surface area contributed by atoms with Crippen LogP contribution in [0.3, 0.4) is 0 Å². The van der Waals surface area contributed by atoms with Crippen LogP contribution >= 0.6 is 11.6 Å². The average Bonchev–Trinajstić information content (AvgIpc) is 2.61. The second-order valence-electron chi connectivity index (χ2n) is 5.93. The highest BCUT2D eigenvalue weighted by atomic mass is 35.5. The zero-order valence-corrected chi connectivity index (χ0v) is 16.2. The number of ether oxygens (including phenoxy) is 1. The Hall–Kier alpha value is -2.53. The normalized spacial score (nSPS) is 10.3. The zero-order valence-electron chi connectivity index (χ0n) is 15.4. The highest BCUT2D eigenvalue weighted by Crippen LogP contribution is 2.29. The lowest BCUT2D eigenvalue weighted by atomic mass is 10.1. The number of anilines is 2. The Bertz CT molecular complexity index is 821. The molecule has 138 valence electrons. The van der Waals surface area contributed by atoms with Gasteiger partial charge in [0.1, 0.15) is 12.3 Å². The van der Waals surface area contributed by atoms with E-state index in [0.717, 1.165) is 23.2 Å². The van der Waals surface area contributed by atoms with Crippen molar-refractivity contribution in [2.75, 3.05) is 23.9 Å². The van der Waals surface area contributed by atoms with Crippen LogP contribution in [0.25, 0.3) is 0 Å². The van der Waals surface area contributed by atoms with E-state index in [2.05, 4.69) is 5.32 Å². The topological polar surface area (TPSA) is 58.6 Å². The highest BCUT2D eigenvalue weighted by Gasteiger charge is 2.18. The van der Waals surface area contributed by atoms with E-state index in [9.17, 15) is 9.59 Å². The maximum absolute atomic E-state index is 12.6. The minimum Gasteiger partial charge on any atom is -0.495 e. The van der Waals surface area contributed by atoms with Gasteiger partial charge in [0, 0.05) is 18.3 Å². The van der Waals surface area contributed by atoms with Gasteiger partial charge in [-0.05, 0) is 42.7 Å². The summed E-state index contributed by atoms with van der Waals surface area (Å²) in [5.41, 5.74) is 3.38. The number of para-hydroxylation sites is 1. The molecule has 0 saturated carbocycles. The van der Waals surface area contributed by atoms with Gasteiger partial charge in [-0.2, -0.15) is 0 Å². The lowest BCUT2D eigenvalue weighted by molar-refractivity contribution is -0.120. The third kappa shape index (κ3) is 4.55. The van der Waals surface area contributed by atoms with Crippen LogP contribution in [0.4, 0.5) is 11.4 Å². The van der Waals surface area contributed by atoms with E-state index < -0.39 is 0 Å². The fourth-order valence-electron chi connectivity index (χ4n) is 2.73. The molecule has 5 nitrogen and oxygen atoms in total. The number of carbonyl (C=O) groups is 2. The summed E-state index contributed by atoms with van der Waals surface area (Å²) < 4.78 is 5.12. The SMILES string of the molecule is CCc1cccc(C)c1NC(=O)CN(C(C)=O)c1ccc(OC)c(Cl)c1. The molecular weight excluding hydrogens is 352 g/mol. The van der Waals surface area contributed by atoms with E-state index in [1.807, 2.05) is 32.0 Å². The van der Waals surface area contributed by atoms with E-state index in [1.54, 1.807) is 18.2 Å². The van der Waals surface area contributed by atoms with Gasteiger partial charge >= 0.3 is 0 Å². The molecule has 1 N–H and O–H groups in total. The fraction of sp³-hybridized carbons (Fsp3) is 0.300. The third-order valence-electron chi connectivity index (χ3n) is 4.13. The second-order valence-corrected chi connectivity index (χ2v) is 6.34. The van der Waals surface area contributed by atoms with Gasteiger partial charge in [-0.1, -0.05) is 36.7 Å². The lowest BCUT2D eigenvalue weighted by Gasteiger charge is -2.22. The summed E-state index contributed by atoms with van der Waals surface area (Å²) in [6.07, 6.45) is 0.807. The number of amides is 2. The van der Waals surface area contributed by atoms with Crippen molar-refractivity contribution in [3.63, 3.8) is 0 Å². The van der Waals surface area contributed by atoms with Crippen molar-refractivity contribution in [1.29, 1.82) is 0 Å². The van der Waals surface area contributed by atoms with Crippen molar-refractivity contribution in [3.8, 4) is 5.75 Å². The third-order valence-corrected chi connectivity index (χ3v) is 4.43. The van der Waals surface area contributed by atoms with Crippen LogP contribution in [0.1, 0.15) is 25.0 Å². The predicted molar refractivity (Wildman–Crippen MR) is 105 cm³/mol. The van der Waals surface area contributed by atoms with Crippen molar-refractivity contribution >= 4 is 34.8 Å². The number of nitrogens with zero attached hydrogens (tertiary/aromatic N) is 1. The summed E-state index contributed by atoms with van der Waals surface area (Å²) in [6.45, 7) is 5.29. The number of methoxy groups -OCH3 is 1. The van der Waals surface area contributed by atoms with Crippen LogP contribution < -0.4 is 15.0 Å². The molecule has 0 radical (unpaired) electrons. The fourth-order valence-corrected chi connectivity index (χ4v) is 2.98. The second kappa shape index (κ2) is 8.72. The molecule has 0 unspecified atom stereocenters. The Balaban J connectivity index is 2.22. The molecule has 2 amide bonds. The van der Waals surface area contributed by atoms with Crippen molar-refractivity contribution in [3.05, 3.63) is 52.5 Å². The number of hydrogen-bond acceptors (Lipinski definition) is 3. The van der Waals surface area contributed by atoms with Crippen LogP contribution in [0.15, 0.2) is 36.4 Å². The van der Waals surface area contributed by atoms with Crippen LogP contribution in [-0.2, 0) is 16.0 Å². The average molecular weight is 375 g/mol. The van der Waals surface area contributed by atoms with Crippen LogP contribution in [0.2, 0.25) is 5.02 Å². The Morgan fingerprint density at radius 3 is 2.54 bits per heavy atom. The molecule has 0 spiro atoms. The standard InChI is InChI=1S/C20H23ClN2O3/c1-5-15-8-6-7-13(2)20(15)22-19(25)12-23(14(3)24)16-9-10-18(26-4)17(21)11-16/h6-11H,5,12H2,1-4H3,(H,22,25). The van der Waals surface area contributed by atoms with E-state index in [1.165, 1.54) is 18.9 Å². The molecule has 0 aliphatic carbocycles.